The standard InChI is InChI=1S/C13H11ClO4/c1-16-10-4-3-8(7-11(10)17-2)12-9(13(14)15)5-6-18-12/h3-7H,1-2H3. The van der Waals surface area contributed by atoms with Crippen molar-refractivity contribution >= 4 is 16.8 Å². The molecule has 0 fully saturated rings. The van der Waals surface area contributed by atoms with E-state index in [1.54, 1.807) is 25.3 Å². The molecule has 1 heterocycles. The zero-order chi connectivity index (χ0) is 13.1. The molecule has 4 nitrogen and oxygen atoms in total. The molecule has 5 heteroatoms. The van der Waals surface area contributed by atoms with Gasteiger partial charge in [0.05, 0.1) is 26.0 Å². The quantitative estimate of drug-likeness (QED) is 0.797. The van der Waals surface area contributed by atoms with Crippen LogP contribution < -0.4 is 9.47 Å². The van der Waals surface area contributed by atoms with Gasteiger partial charge in [0.2, 0.25) is 0 Å². The first-order valence-corrected chi connectivity index (χ1v) is 5.55. The monoisotopic (exact) mass is 266 g/mol. The van der Waals surface area contributed by atoms with Crippen molar-refractivity contribution < 1.29 is 18.7 Å². The van der Waals surface area contributed by atoms with Crippen LogP contribution in [0.1, 0.15) is 10.4 Å². The second kappa shape index (κ2) is 5.14. The molecule has 1 aromatic heterocycles. The Hall–Kier alpha value is -1.94. The third kappa shape index (κ3) is 2.19. The molecule has 0 aliphatic rings. The molecule has 0 bridgehead atoms. The molecule has 0 spiro atoms. The van der Waals surface area contributed by atoms with Gasteiger partial charge in [-0.1, -0.05) is 0 Å². The van der Waals surface area contributed by atoms with Crippen molar-refractivity contribution in [2.45, 2.75) is 0 Å². The van der Waals surface area contributed by atoms with Crippen LogP contribution in [0, 0.1) is 0 Å². The summed E-state index contributed by atoms with van der Waals surface area (Å²) in [5.74, 6) is 1.57. The first-order chi connectivity index (χ1) is 8.67. The summed E-state index contributed by atoms with van der Waals surface area (Å²) in [4.78, 5) is 11.2. The highest BCUT2D eigenvalue weighted by Crippen LogP contribution is 2.34. The Kier molecular flexibility index (Phi) is 3.58. The first-order valence-electron chi connectivity index (χ1n) is 5.17. The molecule has 1 aromatic carbocycles. The van der Waals surface area contributed by atoms with Crippen molar-refractivity contribution in [2.24, 2.45) is 0 Å². The summed E-state index contributed by atoms with van der Waals surface area (Å²) in [5, 5.41) is -0.562. The number of hydrogen-bond acceptors (Lipinski definition) is 4. The Morgan fingerprint density at radius 1 is 1.17 bits per heavy atom. The molecule has 2 aromatic rings. The summed E-state index contributed by atoms with van der Waals surface area (Å²) >= 11 is 5.48. The number of hydrogen-bond donors (Lipinski definition) is 0. The zero-order valence-electron chi connectivity index (χ0n) is 9.90. The van der Waals surface area contributed by atoms with Gasteiger partial charge in [-0.2, -0.15) is 0 Å². The van der Waals surface area contributed by atoms with Crippen LogP contribution in [0.15, 0.2) is 34.9 Å². The third-order valence-electron chi connectivity index (χ3n) is 2.52. The molecule has 0 N–H and O–H groups in total. The van der Waals surface area contributed by atoms with E-state index in [1.165, 1.54) is 19.4 Å². The first kappa shape index (κ1) is 12.5. The predicted octanol–water partition coefficient (Wildman–Crippen LogP) is 3.34. The number of carbonyl (C=O) groups is 1. The van der Waals surface area contributed by atoms with Crippen LogP contribution in [0.4, 0.5) is 0 Å². The number of methoxy groups -OCH3 is 2. The zero-order valence-corrected chi connectivity index (χ0v) is 10.7. The molecule has 2 rings (SSSR count). The maximum absolute atomic E-state index is 11.2. The second-order valence-electron chi connectivity index (χ2n) is 3.51. The largest absolute Gasteiger partial charge is 0.493 e. The van der Waals surface area contributed by atoms with Crippen LogP contribution in [0.2, 0.25) is 0 Å². The highest BCUT2D eigenvalue weighted by molar-refractivity contribution is 6.68. The summed E-state index contributed by atoms with van der Waals surface area (Å²) < 4.78 is 15.6. The van der Waals surface area contributed by atoms with E-state index in [0.29, 0.717) is 28.4 Å². The summed E-state index contributed by atoms with van der Waals surface area (Å²) in [7, 11) is 3.09. The van der Waals surface area contributed by atoms with Gasteiger partial charge in [0.1, 0.15) is 5.76 Å². The molecular weight excluding hydrogens is 256 g/mol. The fourth-order valence-corrected chi connectivity index (χ4v) is 1.81. The molecule has 18 heavy (non-hydrogen) atoms. The molecule has 0 atom stereocenters. The molecule has 0 aliphatic carbocycles. The number of halogens is 1. The molecular formula is C13H11ClO4. The SMILES string of the molecule is COc1ccc(-c2occc2C(=O)Cl)cc1OC. The van der Waals surface area contributed by atoms with Crippen LogP contribution in [0.3, 0.4) is 0 Å². The summed E-state index contributed by atoms with van der Waals surface area (Å²) in [6, 6.07) is 6.76. The third-order valence-corrected chi connectivity index (χ3v) is 2.73. The van der Waals surface area contributed by atoms with Gasteiger partial charge in [-0.3, -0.25) is 4.79 Å². The van der Waals surface area contributed by atoms with Crippen LogP contribution >= 0.6 is 11.6 Å². The number of ether oxygens (including phenoxy) is 2. The Morgan fingerprint density at radius 3 is 2.50 bits per heavy atom. The average Bonchev–Trinajstić information content (AvgIpc) is 2.87. The lowest BCUT2D eigenvalue weighted by atomic mass is 10.1. The molecule has 0 saturated heterocycles. The van der Waals surface area contributed by atoms with E-state index in [4.69, 9.17) is 25.5 Å². The minimum atomic E-state index is -0.562. The topological polar surface area (TPSA) is 48.7 Å². The van der Waals surface area contributed by atoms with Crippen molar-refractivity contribution in [2.75, 3.05) is 14.2 Å². The van der Waals surface area contributed by atoms with Gasteiger partial charge in [0.25, 0.3) is 5.24 Å². The normalized spacial score (nSPS) is 10.2. The predicted molar refractivity (Wildman–Crippen MR) is 67.4 cm³/mol. The van der Waals surface area contributed by atoms with E-state index in [1.807, 2.05) is 0 Å². The fraction of sp³-hybridized carbons (Fsp3) is 0.154. The Balaban J connectivity index is 2.51. The van der Waals surface area contributed by atoms with Crippen LogP contribution in [-0.2, 0) is 0 Å². The average molecular weight is 267 g/mol. The van der Waals surface area contributed by atoms with Gasteiger partial charge in [-0.05, 0) is 35.9 Å². The van der Waals surface area contributed by atoms with Crippen molar-refractivity contribution in [3.8, 4) is 22.8 Å². The molecule has 0 amide bonds. The van der Waals surface area contributed by atoms with Gasteiger partial charge >= 0.3 is 0 Å². The molecule has 0 aliphatic heterocycles. The lowest BCUT2D eigenvalue weighted by Gasteiger charge is -2.08. The van der Waals surface area contributed by atoms with Crippen molar-refractivity contribution in [1.82, 2.24) is 0 Å². The Labute approximate surface area is 109 Å². The van der Waals surface area contributed by atoms with Gasteiger partial charge in [-0.15, -0.1) is 0 Å². The fourth-order valence-electron chi connectivity index (χ4n) is 1.67. The van der Waals surface area contributed by atoms with E-state index in [0.717, 1.165) is 0 Å². The van der Waals surface area contributed by atoms with E-state index in [9.17, 15) is 4.79 Å². The summed E-state index contributed by atoms with van der Waals surface area (Å²) in [6.07, 6.45) is 1.42. The smallest absolute Gasteiger partial charge is 0.256 e. The molecule has 0 unspecified atom stereocenters. The maximum atomic E-state index is 11.2. The van der Waals surface area contributed by atoms with Crippen LogP contribution in [0.25, 0.3) is 11.3 Å². The lowest BCUT2D eigenvalue weighted by Crippen LogP contribution is -1.92. The van der Waals surface area contributed by atoms with E-state index < -0.39 is 5.24 Å². The minimum Gasteiger partial charge on any atom is -0.493 e. The highest BCUT2D eigenvalue weighted by atomic mass is 35.5. The Bertz CT molecular complexity index is 574. The van der Waals surface area contributed by atoms with Gasteiger partial charge < -0.3 is 13.9 Å². The van der Waals surface area contributed by atoms with Crippen LogP contribution in [0.5, 0.6) is 11.5 Å². The lowest BCUT2D eigenvalue weighted by molar-refractivity contribution is 0.108. The molecule has 94 valence electrons. The van der Waals surface area contributed by atoms with E-state index >= 15 is 0 Å². The summed E-state index contributed by atoms with van der Waals surface area (Å²) in [6.45, 7) is 0. The summed E-state index contributed by atoms with van der Waals surface area (Å²) in [5.41, 5.74) is 1.02. The number of rotatable bonds is 4. The van der Waals surface area contributed by atoms with Gasteiger partial charge in [-0.25, -0.2) is 0 Å². The highest BCUT2D eigenvalue weighted by Gasteiger charge is 2.16. The van der Waals surface area contributed by atoms with Gasteiger partial charge in [0, 0.05) is 5.56 Å². The van der Waals surface area contributed by atoms with Crippen molar-refractivity contribution in [1.29, 1.82) is 0 Å². The van der Waals surface area contributed by atoms with E-state index in [2.05, 4.69) is 0 Å². The number of carbonyl (C=O) groups excluding carboxylic acids is 1. The molecule has 0 radical (unpaired) electrons. The second-order valence-corrected chi connectivity index (χ2v) is 3.85. The minimum absolute atomic E-state index is 0.323. The van der Waals surface area contributed by atoms with E-state index in [-0.39, 0.29) is 0 Å². The Morgan fingerprint density at radius 2 is 1.89 bits per heavy atom. The number of benzene rings is 1. The number of furan rings is 1. The van der Waals surface area contributed by atoms with Crippen molar-refractivity contribution in [3.05, 3.63) is 36.1 Å². The van der Waals surface area contributed by atoms with Crippen LogP contribution in [-0.4, -0.2) is 19.5 Å². The molecule has 0 saturated carbocycles. The maximum Gasteiger partial charge on any atom is 0.256 e. The van der Waals surface area contributed by atoms with Crippen molar-refractivity contribution in [3.63, 3.8) is 0 Å². The van der Waals surface area contributed by atoms with Gasteiger partial charge in [0.15, 0.2) is 11.5 Å².